The first kappa shape index (κ1) is 8.51. The van der Waals surface area contributed by atoms with E-state index >= 15 is 0 Å². The van der Waals surface area contributed by atoms with Crippen LogP contribution in [-0.2, 0) is 4.74 Å². The zero-order valence-electron chi connectivity index (χ0n) is 7.65. The van der Waals surface area contributed by atoms with Crippen LogP contribution in [0.25, 0.3) is 0 Å². The average molecular weight is 193 g/mol. The predicted octanol–water partition coefficient (Wildman–Crippen LogP) is 2.50. The molecule has 2 rings (SSSR count). The summed E-state index contributed by atoms with van der Waals surface area (Å²) in [6, 6.07) is 8.15. The van der Waals surface area contributed by atoms with Gasteiger partial charge >= 0.3 is 0 Å². The van der Waals surface area contributed by atoms with Crippen molar-refractivity contribution in [2.45, 2.75) is 13.0 Å². The molecular weight excluding hydrogens is 182 g/mol. The number of rotatable bonds is 0. The molecular formula is C10H11NOS. The molecule has 1 aliphatic rings. The van der Waals surface area contributed by atoms with Gasteiger partial charge < -0.3 is 9.64 Å². The highest BCUT2D eigenvalue weighted by molar-refractivity contribution is 7.80. The zero-order valence-corrected chi connectivity index (χ0v) is 8.47. The Bertz CT molecular complexity index is 351. The Morgan fingerprint density at radius 1 is 1.38 bits per heavy atom. The largest absolute Gasteiger partial charge is 0.463 e. The van der Waals surface area contributed by atoms with Crippen molar-refractivity contribution in [2.75, 3.05) is 11.9 Å². The van der Waals surface area contributed by atoms with Crippen molar-refractivity contribution in [1.29, 1.82) is 0 Å². The topological polar surface area (TPSA) is 12.5 Å². The molecule has 1 aromatic rings. The third-order valence-electron chi connectivity index (χ3n) is 2.29. The summed E-state index contributed by atoms with van der Waals surface area (Å²) in [4.78, 5) is 1.89. The van der Waals surface area contributed by atoms with Crippen LogP contribution < -0.4 is 4.90 Å². The molecule has 0 spiro atoms. The molecule has 0 saturated carbocycles. The van der Waals surface area contributed by atoms with Crippen LogP contribution in [0.3, 0.4) is 0 Å². The van der Waals surface area contributed by atoms with Crippen LogP contribution in [0.2, 0.25) is 0 Å². The van der Waals surface area contributed by atoms with E-state index in [2.05, 4.69) is 12.1 Å². The highest BCUT2D eigenvalue weighted by Gasteiger charge is 2.23. The minimum absolute atomic E-state index is 0.0694. The molecule has 1 unspecified atom stereocenters. The minimum Gasteiger partial charge on any atom is -0.463 e. The van der Waals surface area contributed by atoms with E-state index in [-0.39, 0.29) is 6.10 Å². The molecule has 2 nitrogen and oxygen atoms in total. The second kappa shape index (κ2) is 3.00. The molecule has 0 fully saturated rings. The summed E-state index contributed by atoms with van der Waals surface area (Å²) >= 11 is 5.09. The van der Waals surface area contributed by atoms with Crippen molar-refractivity contribution < 1.29 is 4.74 Å². The van der Waals surface area contributed by atoms with Gasteiger partial charge in [0.15, 0.2) is 0 Å². The number of thiocarbonyl (C=S) groups is 1. The van der Waals surface area contributed by atoms with Gasteiger partial charge in [0.2, 0.25) is 0 Å². The van der Waals surface area contributed by atoms with E-state index < -0.39 is 0 Å². The molecule has 1 atom stereocenters. The van der Waals surface area contributed by atoms with E-state index in [0.29, 0.717) is 5.17 Å². The van der Waals surface area contributed by atoms with Gasteiger partial charge in [-0.05, 0) is 25.2 Å². The SMILES string of the molecule is CC1OC(=S)N(C)c2ccccc21. The Morgan fingerprint density at radius 2 is 2.08 bits per heavy atom. The first-order valence-electron chi connectivity index (χ1n) is 4.23. The van der Waals surface area contributed by atoms with E-state index in [9.17, 15) is 0 Å². The van der Waals surface area contributed by atoms with Crippen LogP contribution in [0.1, 0.15) is 18.6 Å². The number of nitrogens with zero attached hydrogens (tertiary/aromatic N) is 1. The highest BCUT2D eigenvalue weighted by atomic mass is 32.1. The third kappa shape index (κ3) is 1.29. The van der Waals surface area contributed by atoms with E-state index in [4.69, 9.17) is 17.0 Å². The fourth-order valence-corrected chi connectivity index (χ4v) is 1.77. The van der Waals surface area contributed by atoms with Gasteiger partial charge in [-0.3, -0.25) is 0 Å². The summed E-state index contributed by atoms with van der Waals surface area (Å²) in [5, 5.41) is 0.547. The first-order valence-corrected chi connectivity index (χ1v) is 4.64. The predicted molar refractivity (Wildman–Crippen MR) is 56.9 cm³/mol. The molecule has 0 bridgehead atoms. The molecule has 68 valence electrons. The molecule has 1 heterocycles. The number of benzene rings is 1. The fourth-order valence-electron chi connectivity index (χ4n) is 1.53. The van der Waals surface area contributed by atoms with Gasteiger partial charge in [0, 0.05) is 12.6 Å². The molecule has 1 aromatic carbocycles. The Kier molecular flexibility index (Phi) is 1.96. The highest BCUT2D eigenvalue weighted by Crippen LogP contribution is 2.32. The molecule has 0 N–H and O–H groups in total. The number of fused-ring (bicyclic) bond motifs is 1. The van der Waals surface area contributed by atoms with Gasteiger partial charge in [0.05, 0.1) is 5.69 Å². The maximum absolute atomic E-state index is 5.48. The lowest BCUT2D eigenvalue weighted by Gasteiger charge is -2.32. The van der Waals surface area contributed by atoms with Gasteiger partial charge in [0.25, 0.3) is 5.17 Å². The zero-order chi connectivity index (χ0) is 9.42. The van der Waals surface area contributed by atoms with Crippen molar-refractivity contribution in [2.24, 2.45) is 0 Å². The first-order chi connectivity index (χ1) is 6.20. The smallest absolute Gasteiger partial charge is 0.264 e. The van der Waals surface area contributed by atoms with E-state index in [1.807, 2.05) is 31.0 Å². The Hall–Kier alpha value is -1.09. The van der Waals surface area contributed by atoms with Gasteiger partial charge in [-0.15, -0.1) is 0 Å². The van der Waals surface area contributed by atoms with Crippen LogP contribution in [0, 0.1) is 0 Å². The van der Waals surface area contributed by atoms with Crippen molar-refractivity contribution in [3.63, 3.8) is 0 Å². The monoisotopic (exact) mass is 193 g/mol. The van der Waals surface area contributed by atoms with Crippen molar-refractivity contribution in [3.05, 3.63) is 29.8 Å². The van der Waals surface area contributed by atoms with Crippen molar-refractivity contribution >= 4 is 23.1 Å². The second-order valence-electron chi connectivity index (χ2n) is 3.14. The summed E-state index contributed by atoms with van der Waals surface area (Å²) in [6.45, 7) is 2.01. The van der Waals surface area contributed by atoms with E-state index in [1.54, 1.807) is 0 Å². The maximum Gasteiger partial charge on any atom is 0.264 e. The summed E-state index contributed by atoms with van der Waals surface area (Å²) < 4.78 is 5.48. The van der Waals surface area contributed by atoms with E-state index in [1.165, 1.54) is 5.56 Å². The van der Waals surface area contributed by atoms with Crippen molar-refractivity contribution in [1.82, 2.24) is 0 Å². The number of anilines is 1. The Balaban J connectivity index is 2.53. The number of hydrogen-bond donors (Lipinski definition) is 0. The number of hydrogen-bond acceptors (Lipinski definition) is 2. The number of para-hydroxylation sites is 1. The van der Waals surface area contributed by atoms with E-state index in [0.717, 1.165) is 5.69 Å². The summed E-state index contributed by atoms with van der Waals surface area (Å²) in [5.41, 5.74) is 2.34. The lowest BCUT2D eigenvalue weighted by molar-refractivity contribution is 0.207. The second-order valence-corrected chi connectivity index (χ2v) is 3.49. The molecule has 0 saturated heterocycles. The van der Waals surface area contributed by atoms with Crippen LogP contribution in [0.15, 0.2) is 24.3 Å². The van der Waals surface area contributed by atoms with Gasteiger partial charge in [0.1, 0.15) is 6.10 Å². The van der Waals surface area contributed by atoms with Gasteiger partial charge in [-0.25, -0.2) is 0 Å². The minimum atomic E-state index is 0.0694. The average Bonchev–Trinajstić information content (AvgIpc) is 2.15. The molecule has 1 aliphatic heterocycles. The van der Waals surface area contributed by atoms with Crippen molar-refractivity contribution in [3.8, 4) is 0 Å². The lowest BCUT2D eigenvalue weighted by Crippen LogP contribution is -2.33. The Morgan fingerprint density at radius 3 is 2.85 bits per heavy atom. The van der Waals surface area contributed by atoms with Crippen LogP contribution in [-0.4, -0.2) is 12.2 Å². The normalized spacial score (nSPS) is 20.9. The van der Waals surface area contributed by atoms with Crippen LogP contribution in [0.5, 0.6) is 0 Å². The molecule has 0 radical (unpaired) electrons. The molecule has 0 aromatic heterocycles. The standard InChI is InChI=1S/C10H11NOS/c1-7-8-5-3-4-6-9(8)11(2)10(13)12-7/h3-7H,1-2H3. The Labute approximate surface area is 83.1 Å². The molecule has 0 amide bonds. The fraction of sp³-hybridized carbons (Fsp3) is 0.300. The lowest BCUT2D eigenvalue weighted by atomic mass is 10.1. The van der Waals surface area contributed by atoms with Gasteiger partial charge in [-0.2, -0.15) is 0 Å². The summed E-state index contributed by atoms with van der Waals surface area (Å²) in [7, 11) is 1.92. The van der Waals surface area contributed by atoms with Gasteiger partial charge in [-0.1, -0.05) is 18.2 Å². The third-order valence-corrected chi connectivity index (χ3v) is 2.66. The quantitative estimate of drug-likeness (QED) is 0.587. The number of ether oxygens (including phenoxy) is 1. The molecule has 0 aliphatic carbocycles. The molecule has 3 heteroatoms. The van der Waals surface area contributed by atoms with Crippen LogP contribution >= 0.6 is 12.2 Å². The molecule has 13 heavy (non-hydrogen) atoms. The van der Waals surface area contributed by atoms with Crippen LogP contribution in [0.4, 0.5) is 5.69 Å². The summed E-state index contributed by atoms with van der Waals surface area (Å²) in [5.74, 6) is 0. The summed E-state index contributed by atoms with van der Waals surface area (Å²) in [6.07, 6.45) is 0.0694. The maximum atomic E-state index is 5.48.